The fourth-order valence-corrected chi connectivity index (χ4v) is 3.45. The lowest BCUT2D eigenvalue weighted by Gasteiger charge is -2.25. The molecule has 1 saturated heterocycles. The molecule has 144 valence electrons. The fourth-order valence-electron chi connectivity index (χ4n) is 3.45. The number of amides is 2. The van der Waals surface area contributed by atoms with Crippen molar-refractivity contribution in [2.75, 3.05) is 20.2 Å². The number of nitrogens with two attached hydrogens (primary N) is 1. The molecule has 5 heteroatoms. The Morgan fingerprint density at radius 2 is 1.70 bits per heavy atom. The second-order valence-electron chi connectivity index (χ2n) is 8.11. The SMILES string of the molecule is COc1ccc(CCN2C(=O)N(N)CC2c2ccc(C(C)(C)C)cc2)cc1. The summed E-state index contributed by atoms with van der Waals surface area (Å²) < 4.78 is 5.20. The molecule has 2 N–H and O–H groups in total. The highest BCUT2D eigenvalue weighted by Gasteiger charge is 2.36. The van der Waals surface area contributed by atoms with Crippen LogP contribution in [0, 0.1) is 0 Å². The number of carbonyl (C=O) groups excluding carboxylic acids is 1. The van der Waals surface area contributed by atoms with Crippen LogP contribution in [0.4, 0.5) is 4.79 Å². The molecule has 2 amide bonds. The maximum atomic E-state index is 12.5. The van der Waals surface area contributed by atoms with Crippen LogP contribution < -0.4 is 10.6 Å². The molecule has 0 saturated carbocycles. The van der Waals surface area contributed by atoms with Crippen LogP contribution in [0.3, 0.4) is 0 Å². The third kappa shape index (κ3) is 4.25. The second-order valence-corrected chi connectivity index (χ2v) is 8.11. The van der Waals surface area contributed by atoms with Gasteiger partial charge >= 0.3 is 6.03 Å². The molecule has 0 spiro atoms. The normalized spacial score (nSPS) is 17.5. The minimum atomic E-state index is -0.117. The number of hydrazine groups is 1. The summed E-state index contributed by atoms with van der Waals surface area (Å²) in [6, 6.07) is 16.4. The molecule has 0 radical (unpaired) electrons. The Bertz CT molecular complexity index is 779. The van der Waals surface area contributed by atoms with Gasteiger partial charge in [-0.1, -0.05) is 57.2 Å². The van der Waals surface area contributed by atoms with Gasteiger partial charge < -0.3 is 9.64 Å². The molecule has 1 heterocycles. The molecule has 5 nitrogen and oxygen atoms in total. The fraction of sp³-hybridized carbons (Fsp3) is 0.409. The van der Waals surface area contributed by atoms with Gasteiger partial charge in [-0.2, -0.15) is 0 Å². The van der Waals surface area contributed by atoms with E-state index >= 15 is 0 Å². The van der Waals surface area contributed by atoms with Crippen molar-refractivity contribution < 1.29 is 9.53 Å². The summed E-state index contributed by atoms with van der Waals surface area (Å²) in [7, 11) is 1.66. The first-order valence-corrected chi connectivity index (χ1v) is 9.36. The van der Waals surface area contributed by atoms with E-state index in [1.165, 1.54) is 16.1 Å². The minimum absolute atomic E-state index is 0.0187. The zero-order chi connectivity index (χ0) is 19.6. The molecule has 2 aromatic rings. The molecule has 3 rings (SSSR count). The summed E-state index contributed by atoms with van der Waals surface area (Å²) in [4.78, 5) is 14.4. The number of hydrogen-bond acceptors (Lipinski definition) is 3. The number of benzene rings is 2. The average Bonchev–Trinajstić information content (AvgIpc) is 2.94. The van der Waals surface area contributed by atoms with Gasteiger partial charge in [-0.25, -0.2) is 10.6 Å². The van der Waals surface area contributed by atoms with E-state index < -0.39 is 0 Å². The number of carbonyl (C=O) groups is 1. The van der Waals surface area contributed by atoms with Crippen molar-refractivity contribution in [3.05, 3.63) is 65.2 Å². The Balaban J connectivity index is 1.74. The molecule has 0 bridgehead atoms. The smallest absolute Gasteiger partial charge is 0.334 e. The quantitative estimate of drug-likeness (QED) is 0.644. The van der Waals surface area contributed by atoms with E-state index in [0.717, 1.165) is 17.7 Å². The van der Waals surface area contributed by atoms with Gasteiger partial charge in [0.2, 0.25) is 0 Å². The number of hydrogen-bond donors (Lipinski definition) is 1. The molecule has 0 aliphatic carbocycles. The van der Waals surface area contributed by atoms with Crippen LogP contribution in [-0.2, 0) is 11.8 Å². The summed E-state index contributed by atoms with van der Waals surface area (Å²) in [5.41, 5.74) is 3.68. The second kappa shape index (κ2) is 7.61. The van der Waals surface area contributed by atoms with Gasteiger partial charge in [0.25, 0.3) is 0 Å². The summed E-state index contributed by atoms with van der Waals surface area (Å²) in [6.45, 7) is 7.73. The van der Waals surface area contributed by atoms with E-state index in [1.807, 2.05) is 29.2 Å². The topological polar surface area (TPSA) is 58.8 Å². The van der Waals surface area contributed by atoms with Crippen molar-refractivity contribution >= 4 is 6.03 Å². The number of methoxy groups -OCH3 is 1. The number of ether oxygens (including phenoxy) is 1. The minimum Gasteiger partial charge on any atom is -0.497 e. The highest BCUT2D eigenvalue weighted by atomic mass is 16.5. The molecule has 1 aliphatic heterocycles. The third-order valence-electron chi connectivity index (χ3n) is 5.20. The van der Waals surface area contributed by atoms with E-state index in [0.29, 0.717) is 13.1 Å². The molecule has 1 atom stereocenters. The molecular formula is C22H29N3O2. The Hall–Kier alpha value is -2.53. The van der Waals surface area contributed by atoms with Crippen LogP contribution in [0.5, 0.6) is 5.75 Å². The lowest BCUT2D eigenvalue weighted by molar-refractivity contribution is 0.187. The monoisotopic (exact) mass is 367 g/mol. The van der Waals surface area contributed by atoms with Crippen molar-refractivity contribution in [2.24, 2.45) is 5.84 Å². The van der Waals surface area contributed by atoms with Gasteiger partial charge in [-0.15, -0.1) is 0 Å². The van der Waals surface area contributed by atoms with Crippen molar-refractivity contribution in [1.82, 2.24) is 9.91 Å². The van der Waals surface area contributed by atoms with Gasteiger partial charge in [0.15, 0.2) is 0 Å². The third-order valence-corrected chi connectivity index (χ3v) is 5.20. The van der Waals surface area contributed by atoms with E-state index in [-0.39, 0.29) is 17.5 Å². The van der Waals surface area contributed by atoms with Crippen molar-refractivity contribution in [3.63, 3.8) is 0 Å². The molecule has 27 heavy (non-hydrogen) atoms. The van der Waals surface area contributed by atoms with Crippen LogP contribution in [-0.4, -0.2) is 36.1 Å². The first-order valence-electron chi connectivity index (χ1n) is 9.36. The van der Waals surface area contributed by atoms with Crippen LogP contribution >= 0.6 is 0 Å². The summed E-state index contributed by atoms with van der Waals surface area (Å²) in [6.07, 6.45) is 0.778. The summed E-state index contributed by atoms with van der Waals surface area (Å²) in [5.74, 6) is 6.76. The van der Waals surface area contributed by atoms with Crippen LogP contribution in [0.15, 0.2) is 48.5 Å². The van der Waals surface area contributed by atoms with E-state index in [4.69, 9.17) is 10.6 Å². The largest absolute Gasteiger partial charge is 0.497 e. The Morgan fingerprint density at radius 3 is 2.26 bits per heavy atom. The van der Waals surface area contributed by atoms with Crippen LogP contribution in [0.1, 0.15) is 43.5 Å². The number of nitrogens with zero attached hydrogens (tertiary/aromatic N) is 2. The predicted molar refractivity (Wildman–Crippen MR) is 108 cm³/mol. The van der Waals surface area contributed by atoms with Crippen molar-refractivity contribution in [3.8, 4) is 5.75 Å². The average molecular weight is 367 g/mol. The van der Waals surface area contributed by atoms with Gasteiger partial charge in [0.05, 0.1) is 19.7 Å². The molecule has 0 aromatic heterocycles. The predicted octanol–water partition coefficient (Wildman–Crippen LogP) is 3.89. The van der Waals surface area contributed by atoms with Crippen LogP contribution in [0.2, 0.25) is 0 Å². The maximum absolute atomic E-state index is 12.5. The highest BCUT2D eigenvalue weighted by molar-refractivity contribution is 5.77. The number of urea groups is 1. The van der Waals surface area contributed by atoms with Gasteiger partial charge in [-0.05, 0) is 40.7 Å². The molecule has 1 unspecified atom stereocenters. The van der Waals surface area contributed by atoms with E-state index in [2.05, 4.69) is 45.0 Å². The van der Waals surface area contributed by atoms with Gasteiger partial charge in [-0.3, -0.25) is 5.01 Å². The molecular weight excluding hydrogens is 338 g/mol. The van der Waals surface area contributed by atoms with Gasteiger partial charge in [0.1, 0.15) is 5.75 Å². The van der Waals surface area contributed by atoms with E-state index in [9.17, 15) is 4.79 Å². The Morgan fingerprint density at radius 1 is 1.07 bits per heavy atom. The molecule has 1 fully saturated rings. The Kier molecular flexibility index (Phi) is 5.42. The summed E-state index contributed by atoms with van der Waals surface area (Å²) >= 11 is 0. The van der Waals surface area contributed by atoms with E-state index in [1.54, 1.807) is 7.11 Å². The Labute approximate surface area is 161 Å². The lowest BCUT2D eigenvalue weighted by Crippen LogP contribution is -2.37. The van der Waals surface area contributed by atoms with Crippen molar-refractivity contribution in [1.29, 1.82) is 0 Å². The zero-order valence-electron chi connectivity index (χ0n) is 16.6. The standard InChI is InChI=1S/C22H29N3O2/c1-22(2,3)18-9-7-17(8-10-18)20-15-25(23)21(26)24(20)14-13-16-5-11-19(27-4)12-6-16/h5-12,20H,13-15,23H2,1-4H3. The first-order chi connectivity index (χ1) is 12.8. The van der Waals surface area contributed by atoms with Gasteiger partial charge in [0, 0.05) is 6.54 Å². The summed E-state index contributed by atoms with van der Waals surface area (Å²) in [5, 5.41) is 1.32. The van der Waals surface area contributed by atoms with Crippen LogP contribution in [0.25, 0.3) is 0 Å². The molecule has 2 aromatic carbocycles. The lowest BCUT2D eigenvalue weighted by atomic mass is 9.86. The zero-order valence-corrected chi connectivity index (χ0v) is 16.6. The molecule has 1 aliphatic rings. The van der Waals surface area contributed by atoms with Crippen molar-refractivity contribution in [2.45, 2.75) is 38.6 Å². The first kappa shape index (κ1) is 19.2. The maximum Gasteiger partial charge on any atom is 0.334 e. The number of rotatable bonds is 5. The highest BCUT2D eigenvalue weighted by Crippen LogP contribution is 2.30.